The third kappa shape index (κ3) is 6.18. The molecule has 1 fully saturated rings. The Morgan fingerprint density at radius 2 is 1.66 bits per heavy atom. The molecule has 1 saturated heterocycles. The van der Waals surface area contributed by atoms with Gasteiger partial charge in [-0.25, -0.2) is 0 Å². The van der Waals surface area contributed by atoms with Crippen molar-refractivity contribution in [2.24, 2.45) is 5.73 Å². The Morgan fingerprint density at radius 3 is 2.14 bits per heavy atom. The third-order valence-electron chi connectivity index (χ3n) is 5.67. The number of amides is 1. The van der Waals surface area contributed by atoms with Crippen molar-refractivity contribution in [1.29, 1.82) is 0 Å². The highest BCUT2D eigenvalue weighted by Gasteiger charge is 2.33. The Morgan fingerprint density at radius 1 is 1.11 bits per heavy atom. The molecule has 10 heteroatoms. The first-order chi connectivity index (χ1) is 16.7. The summed E-state index contributed by atoms with van der Waals surface area (Å²) in [6.07, 6.45) is 5.26. The van der Waals surface area contributed by atoms with E-state index in [0.29, 0.717) is 23.9 Å². The van der Waals surface area contributed by atoms with Crippen LogP contribution in [0.25, 0.3) is 0 Å². The van der Waals surface area contributed by atoms with E-state index in [1.807, 2.05) is 48.5 Å². The summed E-state index contributed by atoms with van der Waals surface area (Å²) in [7, 11) is 0. The van der Waals surface area contributed by atoms with Crippen molar-refractivity contribution in [3.8, 4) is 18.1 Å². The average Bonchev–Trinajstić information content (AvgIpc) is 2.84. The Bertz CT molecular complexity index is 1150. The monoisotopic (exact) mass is 496 g/mol. The normalized spacial score (nSPS) is 15.5. The minimum absolute atomic E-state index is 0.134. The molecule has 1 unspecified atom stereocenters. The molecule has 1 heterocycles. The quantitative estimate of drug-likeness (QED) is 0.258. The second-order valence-corrected chi connectivity index (χ2v) is 8.36. The van der Waals surface area contributed by atoms with E-state index in [2.05, 4.69) is 10.8 Å². The fraction of sp³-hybridized carbons (Fsp3) is 0.280. The first-order valence-corrected chi connectivity index (χ1v) is 11.2. The molecule has 35 heavy (non-hydrogen) atoms. The molecule has 0 saturated carbocycles. The van der Waals surface area contributed by atoms with Crippen LogP contribution in [0.3, 0.4) is 0 Å². The number of nitro groups is 1. The summed E-state index contributed by atoms with van der Waals surface area (Å²) < 4.78 is 5.47. The molecule has 2 N–H and O–H groups in total. The second kappa shape index (κ2) is 11.5. The maximum Gasteiger partial charge on any atom is 0.339 e. The molecule has 1 atom stereocenters. The molecule has 182 valence electrons. The first-order valence-electron chi connectivity index (χ1n) is 10.8. The standard InChI is InChI=1S/C25H25ClN4O5/c1-3-16-35-21-10-6-19(7-11-21)24(18-4-8-20(26)9-5-18)28-12-14-29(15-13-28)25(32)22(27)23(17(2)31)30(33)34/h1,4-11,24H,12-16,27H2,2H3/b23-22+. The molecule has 1 amide bonds. The summed E-state index contributed by atoms with van der Waals surface area (Å²) in [6, 6.07) is 15.0. The van der Waals surface area contributed by atoms with Crippen molar-refractivity contribution in [3.63, 3.8) is 0 Å². The number of allylic oxidation sites excluding steroid dienone is 1. The predicted octanol–water partition coefficient (Wildman–Crippen LogP) is 2.62. The lowest BCUT2D eigenvalue weighted by atomic mass is 9.96. The molecule has 1 aliphatic heterocycles. The Kier molecular flexibility index (Phi) is 8.47. The number of carbonyl (C=O) groups excluding carboxylic acids is 2. The van der Waals surface area contributed by atoms with E-state index in [1.165, 1.54) is 4.90 Å². The van der Waals surface area contributed by atoms with Gasteiger partial charge >= 0.3 is 5.70 Å². The molecular weight excluding hydrogens is 472 g/mol. The van der Waals surface area contributed by atoms with E-state index in [0.717, 1.165) is 18.1 Å². The van der Waals surface area contributed by atoms with E-state index in [-0.39, 0.29) is 25.7 Å². The van der Waals surface area contributed by atoms with E-state index in [9.17, 15) is 19.7 Å². The van der Waals surface area contributed by atoms with Crippen molar-refractivity contribution in [2.75, 3.05) is 32.8 Å². The summed E-state index contributed by atoms with van der Waals surface area (Å²) in [5.41, 5.74) is 6.20. The molecule has 0 aromatic heterocycles. The lowest BCUT2D eigenvalue weighted by molar-refractivity contribution is -0.419. The van der Waals surface area contributed by atoms with Crippen molar-refractivity contribution >= 4 is 23.3 Å². The minimum Gasteiger partial charge on any atom is -0.481 e. The van der Waals surface area contributed by atoms with Gasteiger partial charge in [-0.1, -0.05) is 41.8 Å². The summed E-state index contributed by atoms with van der Waals surface area (Å²) in [4.78, 5) is 38.2. The van der Waals surface area contributed by atoms with Gasteiger partial charge in [0.25, 0.3) is 5.91 Å². The molecule has 2 aromatic carbocycles. The van der Waals surface area contributed by atoms with Crippen molar-refractivity contribution in [1.82, 2.24) is 9.80 Å². The number of rotatable bonds is 8. The van der Waals surface area contributed by atoms with Crippen molar-refractivity contribution < 1.29 is 19.2 Å². The number of hydrogen-bond acceptors (Lipinski definition) is 7. The summed E-state index contributed by atoms with van der Waals surface area (Å²) in [6.45, 7) is 2.72. The zero-order chi connectivity index (χ0) is 25.5. The zero-order valence-electron chi connectivity index (χ0n) is 19.1. The topological polar surface area (TPSA) is 119 Å². The van der Waals surface area contributed by atoms with Crippen LogP contribution in [0.15, 0.2) is 59.9 Å². The molecule has 1 aliphatic rings. The Hall–Kier alpha value is -3.87. The molecule has 0 bridgehead atoms. The van der Waals surface area contributed by atoms with Gasteiger partial charge in [-0.15, -0.1) is 6.42 Å². The fourth-order valence-corrected chi connectivity index (χ4v) is 4.13. The number of carbonyl (C=O) groups is 2. The van der Waals surface area contributed by atoms with Crippen LogP contribution >= 0.6 is 11.6 Å². The Labute approximate surface area is 208 Å². The highest BCUT2D eigenvalue weighted by atomic mass is 35.5. The van der Waals surface area contributed by atoms with E-state index >= 15 is 0 Å². The van der Waals surface area contributed by atoms with Crippen LogP contribution in [0.1, 0.15) is 24.1 Å². The molecule has 0 radical (unpaired) electrons. The minimum atomic E-state index is -0.917. The summed E-state index contributed by atoms with van der Waals surface area (Å²) >= 11 is 6.09. The lowest BCUT2D eigenvalue weighted by Gasteiger charge is -2.39. The number of ether oxygens (including phenoxy) is 1. The second-order valence-electron chi connectivity index (χ2n) is 7.92. The van der Waals surface area contributed by atoms with Gasteiger partial charge in [0.1, 0.15) is 12.4 Å². The number of hydrogen-bond donors (Lipinski definition) is 1. The number of nitrogens with zero attached hydrogens (tertiary/aromatic N) is 3. The van der Waals surface area contributed by atoms with Gasteiger partial charge in [-0.2, -0.15) is 0 Å². The number of nitrogens with two attached hydrogens (primary N) is 1. The van der Waals surface area contributed by atoms with Gasteiger partial charge in [0, 0.05) is 38.1 Å². The van der Waals surface area contributed by atoms with Gasteiger partial charge in [0.15, 0.2) is 5.70 Å². The first kappa shape index (κ1) is 25.7. The van der Waals surface area contributed by atoms with Crippen LogP contribution in [0.2, 0.25) is 5.02 Å². The summed E-state index contributed by atoms with van der Waals surface area (Å²) in [5, 5.41) is 11.8. The van der Waals surface area contributed by atoms with Crippen LogP contribution in [0.5, 0.6) is 5.75 Å². The fourth-order valence-electron chi connectivity index (χ4n) is 4.00. The molecule has 2 aromatic rings. The molecule has 0 spiro atoms. The van der Waals surface area contributed by atoms with E-state index in [1.54, 1.807) is 0 Å². The Balaban J connectivity index is 1.82. The number of piperazine rings is 1. The van der Waals surface area contributed by atoms with Crippen LogP contribution in [0, 0.1) is 22.5 Å². The highest BCUT2D eigenvalue weighted by Crippen LogP contribution is 2.31. The smallest absolute Gasteiger partial charge is 0.339 e. The maximum atomic E-state index is 12.8. The predicted molar refractivity (Wildman–Crippen MR) is 131 cm³/mol. The van der Waals surface area contributed by atoms with Crippen molar-refractivity contribution in [2.45, 2.75) is 13.0 Å². The molecular formula is C25H25ClN4O5. The van der Waals surface area contributed by atoms with Crippen LogP contribution < -0.4 is 10.5 Å². The van der Waals surface area contributed by atoms with Crippen molar-refractivity contribution in [3.05, 3.63) is 86.2 Å². The molecule has 3 rings (SSSR count). The number of Topliss-reactive ketones (excluding diaryl/α,β-unsaturated/α-hetero) is 1. The number of benzene rings is 2. The zero-order valence-corrected chi connectivity index (χ0v) is 19.9. The van der Waals surface area contributed by atoms with E-state index in [4.69, 9.17) is 28.5 Å². The number of terminal acetylenes is 1. The lowest BCUT2D eigenvalue weighted by Crippen LogP contribution is -2.51. The molecule has 9 nitrogen and oxygen atoms in total. The highest BCUT2D eigenvalue weighted by molar-refractivity contribution is 6.30. The van der Waals surface area contributed by atoms with Gasteiger partial charge in [-0.05, 0) is 35.4 Å². The molecule has 0 aliphatic carbocycles. The average molecular weight is 497 g/mol. The number of halogens is 1. The van der Waals surface area contributed by atoms with E-state index < -0.39 is 28.0 Å². The van der Waals surface area contributed by atoms with Gasteiger partial charge in [0.05, 0.1) is 11.0 Å². The van der Waals surface area contributed by atoms with Gasteiger partial charge in [0.2, 0.25) is 5.78 Å². The third-order valence-corrected chi connectivity index (χ3v) is 5.92. The van der Waals surface area contributed by atoms with Crippen LogP contribution in [-0.4, -0.2) is 59.2 Å². The van der Waals surface area contributed by atoms with Crippen LogP contribution in [-0.2, 0) is 9.59 Å². The van der Waals surface area contributed by atoms with Gasteiger partial charge in [-0.3, -0.25) is 24.6 Å². The largest absolute Gasteiger partial charge is 0.481 e. The maximum absolute atomic E-state index is 12.8. The van der Waals surface area contributed by atoms with Gasteiger partial charge < -0.3 is 15.4 Å². The number of ketones is 1. The van der Waals surface area contributed by atoms with Crippen LogP contribution in [0.4, 0.5) is 0 Å². The summed E-state index contributed by atoms with van der Waals surface area (Å²) in [5.74, 6) is 1.51. The SMILES string of the molecule is C#CCOc1ccc(C(c2ccc(Cl)cc2)N2CCN(C(=O)/C(N)=C(/C(C)=O)[N+](=O)[O-])CC2)cc1.